The molecule has 6 rings (SSSR count). The molecular formula is C27H28N2O5. The summed E-state index contributed by atoms with van der Waals surface area (Å²) >= 11 is 0. The van der Waals surface area contributed by atoms with E-state index in [2.05, 4.69) is 0 Å². The molecule has 0 N–H and O–H groups in total. The number of amides is 1. The summed E-state index contributed by atoms with van der Waals surface area (Å²) in [6.45, 7) is 5.51. The lowest BCUT2D eigenvalue weighted by atomic mass is 9.83. The average Bonchev–Trinajstić information content (AvgIpc) is 3.32. The predicted octanol–water partition coefficient (Wildman–Crippen LogP) is 3.17. The predicted molar refractivity (Wildman–Crippen MR) is 127 cm³/mol. The molecule has 0 unspecified atom stereocenters. The Labute approximate surface area is 196 Å². The lowest BCUT2D eigenvalue weighted by molar-refractivity contribution is -0.140. The Balaban J connectivity index is 1.24. The first-order valence-corrected chi connectivity index (χ1v) is 12.1. The zero-order chi connectivity index (χ0) is 23.6. The van der Waals surface area contributed by atoms with Crippen molar-refractivity contribution in [2.24, 2.45) is 5.92 Å². The van der Waals surface area contributed by atoms with Crippen LogP contribution in [0.5, 0.6) is 5.75 Å². The summed E-state index contributed by atoms with van der Waals surface area (Å²) in [5.41, 5.74) is 3.97. The van der Waals surface area contributed by atoms with Gasteiger partial charge in [0.05, 0.1) is 0 Å². The Morgan fingerprint density at radius 1 is 1.09 bits per heavy atom. The molecule has 3 aliphatic rings. The molecule has 1 aromatic carbocycles. The Hall–Kier alpha value is -3.35. The van der Waals surface area contributed by atoms with E-state index in [1.807, 2.05) is 34.6 Å². The summed E-state index contributed by atoms with van der Waals surface area (Å²) in [5, 5.41) is 0.966. The Bertz CT molecular complexity index is 1440. The van der Waals surface area contributed by atoms with Gasteiger partial charge in [-0.2, -0.15) is 0 Å². The number of ether oxygens (including phenoxy) is 1. The van der Waals surface area contributed by atoms with Crippen molar-refractivity contribution >= 4 is 16.9 Å². The van der Waals surface area contributed by atoms with Crippen molar-refractivity contribution in [3.05, 3.63) is 73.5 Å². The molecule has 34 heavy (non-hydrogen) atoms. The molecule has 4 heterocycles. The number of aryl methyl sites for hydroxylation is 2. The van der Waals surface area contributed by atoms with Gasteiger partial charge in [-0.05, 0) is 69.2 Å². The maximum Gasteiger partial charge on any atom is 0.339 e. The van der Waals surface area contributed by atoms with Crippen LogP contribution in [0.15, 0.2) is 44.3 Å². The number of piperidine rings is 1. The number of hydrogen-bond acceptors (Lipinski definition) is 5. The van der Waals surface area contributed by atoms with Crippen molar-refractivity contribution in [3.8, 4) is 5.75 Å². The fourth-order valence-electron chi connectivity index (χ4n) is 6.17. The minimum atomic E-state index is -0.672. The highest BCUT2D eigenvalue weighted by Crippen LogP contribution is 2.36. The van der Waals surface area contributed by atoms with Crippen molar-refractivity contribution < 1.29 is 13.9 Å². The van der Waals surface area contributed by atoms with Crippen LogP contribution in [0.1, 0.15) is 48.1 Å². The fourth-order valence-corrected chi connectivity index (χ4v) is 6.17. The largest absolute Gasteiger partial charge is 0.480 e. The van der Waals surface area contributed by atoms with Gasteiger partial charge in [-0.1, -0.05) is 6.07 Å². The quantitative estimate of drug-likeness (QED) is 0.561. The molecule has 0 saturated carbocycles. The van der Waals surface area contributed by atoms with Crippen molar-refractivity contribution in [2.75, 3.05) is 13.1 Å². The van der Waals surface area contributed by atoms with E-state index in [-0.39, 0.29) is 28.9 Å². The summed E-state index contributed by atoms with van der Waals surface area (Å²) in [7, 11) is 0. The lowest BCUT2D eigenvalue weighted by Crippen LogP contribution is -2.52. The normalized spacial score (nSPS) is 21.8. The highest BCUT2D eigenvalue weighted by Gasteiger charge is 2.37. The summed E-state index contributed by atoms with van der Waals surface area (Å²) in [6, 6.07) is 9.23. The monoisotopic (exact) mass is 460 g/mol. The number of likely N-dealkylation sites (tertiary alicyclic amines) is 1. The van der Waals surface area contributed by atoms with Crippen LogP contribution in [0.25, 0.3) is 11.0 Å². The maximum absolute atomic E-state index is 13.4. The van der Waals surface area contributed by atoms with E-state index < -0.39 is 6.10 Å². The first-order valence-electron chi connectivity index (χ1n) is 12.1. The Kier molecular flexibility index (Phi) is 4.90. The molecule has 2 aromatic heterocycles. The minimum absolute atomic E-state index is 0.0350. The highest BCUT2D eigenvalue weighted by atomic mass is 16.5. The third kappa shape index (κ3) is 3.29. The summed E-state index contributed by atoms with van der Waals surface area (Å²) < 4.78 is 13.7. The van der Waals surface area contributed by atoms with Crippen LogP contribution in [-0.2, 0) is 24.2 Å². The van der Waals surface area contributed by atoms with Gasteiger partial charge in [0, 0.05) is 53.8 Å². The second-order valence-electron chi connectivity index (χ2n) is 9.97. The molecule has 0 radical (unpaired) electrons. The maximum atomic E-state index is 13.4. The van der Waals surface area contributed by atoms with E-state index in [0.29, 0.717) is 31.0 Å². The lowest BCUT2D eigenvalue weighted by Gasteiger charge is -2.43. The number of carbonyl (C=O) groups excluding carboxylic acids is 1. The summed E-state index contributed by atoms with van der Waals surface area (Å²) in [4.78, 5) is 39.9. The van der Waals surface area contributed by atoms with E-state index in [1.54, 1.807) is 19.1 Å². The van der Waals surface area contributed by atoms with E-state index in [0.717, 1.165) is 53.5 Å². The molecule has 3 atom stereocenters. The molecule has 2 bridgehead atoms. The molecule has 3 aromatic rings. The van der Waals surface area contributed by atoms with Crippen LogP contribution < -0.4 is 15.9 Å². The van der Waals surface area contributed by atoms with Gasteiger partial charge >= 0.3 is 5.63 Å². The molecule has 7 nitrogen and oxygen atoms in total. The van der Waals surface area contributed by atoms with Gasteiger partial charge in [0.25, 0.3) is 11.5 Å². The fraction of sp³-hybridized carbons (Fsp3) is 0.444. The summed E-state index contributed by atoms with van der Waals surface area (Å²) in [6.07, 6.45) is 2.95. The standard InChI is InChI=1S/C27H28N2O5/c1-15-23(10-9-20-19-5-3-6-21(19)27(32)34-25(15)20)33-16(2)26(31)28-12-17-11-18(14-28)22-7-4-8-24(30)29(22)13-17/h4,7-10,16-18H,3,5-6,11-14H2,1-2H3/t16-,17+,18+/m1/s1. The highest BCUT2D eigenvalue weighted by molar-refractivity contribution is 5.87. The van der Waals surface area contributed by atoms with Gasteiger partial charge in [-0.3, -0.25) is 9.59 Å². The van der Waals surface area contributed by atoms with Crippen LogP contribution in [0, 0.1) is 12.8 Å². The molecule has 1 amide bonds. The average molecular weight is 461 g/mol. The van der Waals surface area contributed by atoms with Gasteiger partial charge in [0.15, 0.2) is 6.10 Å². The van der Waals surface area contributed by atoms with Gasteiger partial charge in [-0.25, -0.2) is 4.79 Å². The third-order valence-corrected chi connectivity index (χ3v) is 7.78. The molecule has 7 heteroatoms. The molecule has 1 fully saturated rings. The smallest absolute Gasteiger partial charge is 0.339 e. The van der Waals surface area contributed by atoms with Crippen molar-refractivity contribution in [2.45, 2.75) is 58.1 Å². The molecule has 0 spiro atoms. The molecule has 2 aliphatic heterocycles. The van der Waals surface area contributed by atoms with E-state index >= 15 is 0 Å². The minimum Gasteiger partial charge on any atom is -0.480 e. The number of hydrogen-bond donors (Lipinski definition) is 0. The van der Waals surface area contributed by atoms with Crippen LogP contribution in [0.2, 0.25) is 0 Å². The van der Waals surface area contributed by atoms with Crippen molar-refractivity contribution in [3.63, 3.8) is 0 Å². The Morgan fingerprint density at radius 3 is 2.76 bits per heavy atom. The molecule has 176 valence electrons. The first kappa shape index (κ1) is 21.2. The SMILES string of the molecule is Cc1c(O[C@H](C)C(=O)N2C[C@@H]3C[C@@H](C2)c2cccc(=O)n2C3)ccc2c3c(c(=O)oc12)CCC3. The van der Waals surface area contributed by atoms with Gasteiger partial charge in [0.1, 0.15) is 11.3 Å². The number of rotatable bonds is 3. The van der Waals surface area contributed by atoms with Crippen molar-refractivity contribution in [1.29, 1.82) is 0 Å². The zero-order valence-corrected chi connectivity index (χ0v) is 19.5. The molecule has 1 aliphatic carbocycles. The molecular weight excluding hydrogens is 432 g/mol. The van der Waals surface area contributed by atoms with Crippen LogP contribution in [-0.4, -0.2) is 34.6 Å². The van der Waals surface area contributed by atoms with Crippen LogP contribution >= 0.6 is 0 Å². The van der Waals surface area contributed by atoms with E-state index in [1.165, 1.54) is 0 Å². The second kappa shape index (κ2) is 7.86. The van der Waals surface area contributed by atoms with Crippen molar-refractivity contribution in [1.82, 2.24) is 9.47 Å². The van der Waals surface area contributed by atoms with Crippen LogP contribution in [0.4, 0.5) is 0 Å². The third-order valence-electron chi connectivity index (χ3n) is 7.78. The van der Waals surface area contributed by atoms with E-state index in [9.17, 15) is 14.4 Å². The first-order chi connectivity index (χ1) is 16.4. The molecule has 1 saturated heterocycles. The zero-order valence-electron chi connectivity index (χ0n) is 19.5. The number of nitrogens with zero attached hydrogens (tertiary/aromatic N) is 2. The second-order valence-corrected chi connectivity index (χ2v) is 9.97. The topological polar surface area (TPSA) is 81.8 Å². The van der Waals surface area contributed by atoms with Crippen LogP contribution in [0.3, 0.4) is 0 Å². The van der Waals surface area contributed by atoms with Gasteiger partial charge in [-0.15, -0.1) is 0 Å². The van der Waals surface area contributed by atoms with Gasteiger partial charge in [0.2, 0.25) is 0 Å². The summed E-state index contributed by atoms with van der Waals surface area (Å²) in [5.74, 6) is 0.928. The number of pyridine rings is 1. The Morgan fingerprint density at radius 2 is 1.91 bits per heavy atom. The number of aromatic nitrogens is 1. The number of fused-ring (bicyclic) bond motifs is 7. The number of carbonyl (C=O) groups is 1. The number of benzene rings is 1. The van der Waals surface area contributed by atoms with E-state index in [4.69, 9.17) is 9.15 Å². The van der Waals surface area contributed by atoms with Gasteiger partial charge < -0.3 is 18.6 Å².